The van der Waals surface area contributed by atoms with Crippen molar-refractivity contribution >= 4 is 6.09 Å². The molecule has 2 heterocycles. The zero-order valence-electron chi connectivity index (χ0n) is 8.20. The number of hydrogen-bond acceptors (Lipinski definition) is 4. The molecule has 14 heavy (non-hydrogen) atoms. The number of nitrogens with two attached hydrogens (primary N) is 1. The Morgan fingerprint density at radius 1 is 1.36 bits per heavy atom. The van der Waals surface area contributed by atoms with Crippen molar-refractivity contribution < 1.29 is 14.3 Å². The second kappa shape index (κ2) is 3.74. The van der Waals surface area contributed by atoms with Crippen molar-refractivity contribution in [2.45, 2.75) is 18.4 Å². The number of amides is 1. The molecule has 0 radical (unpaired) electrons. The molecule has 0 spiro atoms. The summed E-state index contributed by atoms with van der Waals surface area (Å²) in [5.74, 6) is 0. The van der Waals surface area contributed by atoms with Crippen molar-refractivity contribution in [2.24, 2.45) is 5.73 Å². The molecule has 0 atom stereocenters. The standard InChI is InChI=1S/C9H16N2O3/c10-7-9(1-4-13-5-2-9)11-3-6-14-8(11)12/h1-7,10H2. The van der Waals surface area contributed by atoms with E-state index in [0.29, 0.717) is 32.9 Å². The summed E-state index contributed by atoms with van der Waals surface area (Å²) in [6.07, 6.45) is 1.41. The van der Waals surface area contributed by atoms with E-state index in [1.165, 1.54) is 0 Å². The first kappa shape index (κ1) is 9.73. The van der Waals surface area contributed by atoms with Crippen molar-refractivity contribution in [3.63, 3.8) is 0 Å². The third-order valence-corrected chi connectivity index (χ3v) is 3.14. The van der Waals surface area contributed by atoms with Gasteiger partial charge in [0.15, 0.2) is 0 Å². The van der Waals surface area contributed by atoms with Crippen LogP contribution in [0.3, 0.4) is 0 Å². The fourth-order valence-corrected chi connectivity index (χ4v) is 2.16. The highest BCUT2D eigenvalue weighted by Crippen LogP contribution is 2.29. The van der Waals surface area contributed by atoms with E-state index in [2.05, 4.69) is 0 Å². The predicted octanol–water partition coefficient (Wildman–Crippen LogP) is -0.0535. The van der Waals surface area contributed by atoms with Gasteiger partial charge in [-0.1, -0.05) is 0 Å². The van der Waals surface area contributed by atoms with Crippen molar-refractivity contribution in [1.29, 1.82) is 0 Å². The number of rotatable bonds is 2. The first-order valence-electron chi connectivity index (χ1n) is 5.01. The van der Waals surface area contributed by atoms with E-state index in [9.17, 15) is 4.79 Å². The summed E-state index contributed by atoms with van der Waals surface area (Å²) in [5, 5.41) is 0. The van der Waals surface area contributed by atoms with Gasteiger partial charge in [0.1, 0.15) is 6.61 Å². The highest BCUT2D eigenvalue weighted by atomic mass is 16.6. The molecule has 0 aromatic carbocycles. The molecule has 2 fully saturated rings. The molecule has 2 saturated heterocycles. The molecule has 0 aromatic heterocycles. The lowest BCUT2D eigenvalue weighted by molar-refractivity contribution is -0.00168. The van der Waals surface area contributed by atoms with Crippen LogP contribution in [0.1, 0.15) is 12.8 Å². The lowest BCUT2D eigenvalue weighted by Gasteiger charge is -2.42. The highest BCUT2D eigenvalue weighted by molar-refractivity contribution is 5.70. The van der Waals surface area contributed by atoms with Crippen molar-refractivity contribution in [3.8, 4) is 0 Å². The maximum Gasteiger partial charge on any atom is 0.410 e. The van der Waals surface area contributed by atoms with Gasteiger partial charge in [-0.25, -0.2) is 4.79 Å². The van der Waals surface area contributed by atoms with Crippen LogP contribution in [0.5, 0.6) is 0 Å². The van der Waals surface area contributed by atoms with Crippen molar-refractivity contribution in [1.82, 2.24) is 4.90 Å². The zero-order chi connectivity index (χ0) is 10.0. The van der Waals surface area contributed by atoms with Gasteiger partial charge in [-0.3, -0.25) is 4.90 Å². The minimum atomic E-state index is -0.225. The normalized spacial score (nSPS) is 26.4. The Hall–Kier alpha value is -0.810. The Balaban J connectivity index is 2.13. The van der Waals surface area contributed by atoms with E-state index in [4.69, 9.17) is 15.2 Å². The predicted molar refractivity (Wildman–Crippen MR) is 49.9 cm³/mol. The van der Waals surface area contributed by atoms with Gasteiger partial charge in [0.2, 0.25) is 0 Å². The summed E-state index contributed by atoms with van der Waals surface area (Å²) in [6.45, 7) is 3.00. The van der Waals surface area contributed by atoms with Gasteiger partial charge in [0, 0.05) is 19.8 Å². The fraction of sp³-hybridized carbons (Fsp3) is 0.889. The molecule has 0 aromatic rings. The average molecular weight is 200 g/mol. The number of carbonyl (C=O) groups is 1. The summed E-state index contributed by atoms with van der Waals surface area (Å²) in [4.78, 5) is 13.2. The van der Waals surface area contributed by atoms with Gasteiger partial charge >= 0.3 is 6.09 Å². The Labute approximate surface area is 83.1 Å². The molecule has 2 aliphatic heterocycles. The van der Waals surface area contributed by atoms with E-state index in [1.807, 2.05) is 0 Å². The van der Waals surface area contributed by atoms with Gasteiger partial charge < -0.3 is 15.2 Å². The highest BCUT2D eigenvalue weighted by Gasteiger charge is 2.43. The van der Waals surface area contributed by atoms with E-state index >= 15 is 0 Å². The second-order valence-electron chi connectivity index (χ2n) is 3.81. The first-order valence-corrected chi connectivity index (χ1v) is 5.01. The van der Waals surface area contributed by atoms with E-state index in [-0.39, 0.29) is 11.6 Å². The van der Waals surface area contributed by atoms with Gasteiger partial charge in [-0.15, -0.1) is 0 Å². The average Bonchev–Trinajstić information content (AvgIpc) is 2.66. The van der Waals surface area contributed by atoms with Crippen LogP contribution in [-0.4, -0.2) is 49.4 Å². The summed E-state index contributed by atoms with van der Waals surface area (Å²) in [6, 6.07) is 0. The van der Waals surface area contributed by atoms with Crippen LogP contribution in [0.25, 0.3) is 0 Å². The summed E-state index contributed by atoms with van der Waals surface area (Å²) < 4.78 is 10.2. The summed E-state index contributed by atoms with van der Waals surface area (Å²) in [5.41, 5.74) is 5.56. The SMILES string of the molecule is NCC1(N2CCOC2=O)CCOCC1. The van der Waals surface area contributed by atoms with Crippen LogP contribution >= 0.6 is 0 Å². The molecule has 0 bridgehead atoms. The maximum absolute atomic E-state index is 11.4. The molecule has 80 valence electrons. The van der Waals surface area contributed by atoms with E-state index in [0.717, 1.165) is 12.8 Å². The largest absolute Gasteiger partial charge is 0.448 e. The number of carbonyl (C=O) groups excluding carboxylic acids is 1. The second-order valence-corrected chi connectivity index (χ2v) is 3.81. The smallest absolute Gasteiger partial charge is 0.410 e. The van der Waals surface area contributed by atoms with E-state index < -0.39 is 0 Å². The lowest BCUT2D eigenvalue weighted by atomic mass is 9.88. The van der Waals surface area contributed by atoms with Crippen LogP contribution in [0.2, 0.25) is 0 Å². The molecule has 2 rings (SSSR count). The number of cyclic esters (lactones) is 1. The van der Waals surface area contributed by atoms with Gasteiger partial charge in [0.25, 0.3) is 0 Å². The van der Waals surface area contributed by atoms with Crippen molar-refractivity contribution in [3.05, 3.63) is 0 Å². The molecule has 5 heteroatoms. The lowest BCUT2D eigenvalue weighted by Crippen LogP contribution is -2.57. The summed E-state index contributed by atoms with van der Waals surface area (Å²) >= 11 is 0. The Morgan fingerprint density at radius 3 is 2.57 bits per heavy atom. The minimum absolute atomic E-state index is 0.216. The van der Waals surface area contributed by atoms with Gasteiger partial charge in [0.05, 0.1) is 12.1 Å². The number of hydrogen-bond donors (Lipinski definition) is 1. The quantitative estimate of drug-likeness (QED) is 0.678. The Bertz CT molecular complexity index is 226. The van der Waals surface area contributed by atoms with Crippen LogP contribution in [-0.2, 0) is 9.47 Å². The summed E-state index contributed by atoms with van der Waals surface area (Å²) in [7, 11) is 0. The van der Waals surface area contributed by atoms with Crippen LogP contribution in [0.4, 0.5) is 4.79 Å². The molecule has 2 aliphatic rings. The number of nitrogens with zero attached hydrogens (tertiary/aromatic N) is 1. The Kier molecular flexibility index (Phi) is 2.60. The maximum atomic E-state index is 11.4. The Morgan fingerprint density at radius 2 is 2.07 bits per heavy atom. The topological polar surface area (TPSA) is 64.8 Å². The van der Waals surface area contributed by atoms with Gasteiger partial charge in [-0.2, -0.15) is 0 Å². The zero-order valence-corrected chi connectivity index (χ0v) is 8.20. The fourth-order valence-electron chi connectivity index (χ4n) is 2.16. The minimum Gasteiger partial charge on any atom is -0.448 e. The molecular formula is C9H16N2O3. The van der Waals surface area contributed by atoms with Crippen molar-refractivity contribution in [2.75, 3.05) is 32.9 Å². The molecular weight excluding hydrogens is 184 g/mol. The molecule has 1 amide bonds. The van der Waals surface area contributed by atoms with Crippen LogP contribution in [0.15, 0.2) is 0 Å². The molecule has 5 nitrogen and oxygen atoms in total. The third-order valence-electron chi connectivity index (χ3n) is 3.14. The van der Waals surface area contributed by atoms with Gasteiger partial charge in [-0.05, 0) is 12.8 Å². The van der Waals surface area contributed by atoms with Crippen LogP contribution in [0, 0.1) is 0 Å². The van der Waals surface area contributed by atoms with Crippen LogP contribution < -0.4 is 5.73 Å². The molecule has 2 N–H and O–H groups in total. The number of ether oxygens (including phenoxy) is 2. The monoisotopic (exact) mass is 200 g/mol. The first-order chi connectivity index (χ1) is 6.78. The third kappa shape index (κ3) is 1.46. The molecule has 0 unspecified atom stereocenters. The molecule has 0 saturated carbocycles. The molecule has 0 aliphatic carbocycles. The van der Waals surface area contributed by atoms with E-state index in [1.54, 1.807) is 4.90 Å².